The predicted molar refractivity (Wildman–Crippen MR) is 97.9 cm³/mol. The highest BCUT2D eigenvalue weighted by atomic mass is 16.5. The first kappa shape index (κ1) is 15.9. The van der Waals surface area contributed by atoms with Crippen LogP contribution in [0.25, 0.3) is 22.4 Å². The van der Waals surface area contributed by atoms with Crippen molar-refractivity contribution in [2.24, 2.45) is 0 Å². The summed E-state index contributed by atoms with van der Waals surface area (Å²) in [5.41, 5.74) is 3.52. The Hall–Kier alpha value is -3.61. The molecule has 130 valence electrons. The van der Waals surface area contributed by atoms with E-state index in [-0.39, 0.29) is 0 Å². The summed E-state index contributed by atoms with van der Waals surface area (Å²) in [6.07, 6.45) is 1.48. The van der Waals surface area contributed by atoms with Crippen LogP contribution in [-0.4, -0.2) is 29.3 Å². The Labute approximate surface area is 149 Å². The normalized spacial score (nSPS) is 10.7. The minimum Gasteiger partial charge on any atom is -0.493 e. The third-order valence-electron chi connectivity index (χ3n) is 3.95. The van der Waals surface area contributed by atoms with E-state index < -0.39 is 0 Å². The van der Waals surface area contributed by atoms with Gasteiger partial charge in [0.05, 0.1) is 14.2 Å². The lowest BCUT2D eigenvalue weighted by molar-refractivity contribution is 0.355. The number of nitrogens with one attached hydrogen (secondary N) is 1. The Morgan fingerprint density at radius 3 is 2.50 bits per heavy atom. The minimum atomic E-state index is 0.487. The number of aromatic nitrogens is 3. The van der Waals surface area contributed by atoms with E-state index in [2.05, 4.69) is 20.4 Å². The molecule has 0 atom stereocenters. The van der Waals surface area contributed by atoms with Crippen molar-refractivity contribution in [3.05, 3.63) is 54.9 Å². The highest BCUT2D eigenvalue weighted by Crippen LogP contribution is 2.33. The molecule has 2 heterocycles. The van der Waals surface area contributed by atoms with E-state index in [1.165, 1.54) is 6.33 Å². The predicted octanol–water partition coefficient (Wildman–Crippen LogP) is 4.05. The van der Waals surface area contributed by atoms with Crippen LogP contribution in [0.5, 0.6) is 11.5 Å². The molecule has 26 heavy (non-hydrogen) atoms. The van der Waals surface area contributed by atoms with Gasteiger partial charge in [-0.15, -0.1) is 0 Å². The lowest BCUT2D eigenvalue weighted by atomic mass is 10.1. The van der Waals surface area contributed by atoms with Gasteiger partial charge in [0.15, 0.2) is 17.3 Å². The summed E-state index contributed by atoms with van der Waals surface area (Å²) in [7, 11) is 3.19. The lowest BCUT2D eigenvalue weighted by Gasteiger charge is -2.10. The SMILES string of the molecule is COc1ccc(Nc2ncnc3c(-c4ccccc4)noc23)cc1OC. The van der Waals surface area contributed by atoms with Gasteiger partial charge < -0.3 is 19.3 Å². The van der Waals surface area contributed by atoms with Crippen LogP contribution in [0.15, 0.2) is 59.4 Å². The van der Waals surface area contributed by atoms with Crippen LogP contribution in [0.1, 0.15) is 0 Å². The highest BCUT2D eigenvalue weighted by Gasteiger charge is 2.16. The van der Waals surface area contributed by atoms with Crippen molar-refractivity contribution >= 4 is 22.6 Å². The molecule has 7 heteroatoms. The summed E-state index contributed by atoms with van der Waals surface area (Å²) < 4.78 is 16.1. The Morgan fingerprint density at radius 2 is 1.73 bits per heavy atom. The van der Waals surface area contributed by atoms with E-state index in [1.54, 1.807) is 14.2 Å². The molecule has 4 rings (SSSR count). The second-order valence-electron chi connectivity index (χ2n) is 5.49. The first-order chi connectivity index (χ1) is 12.8. The second-order valence-corrected chi connectivity index (χ2v) is 5.49. The Bertz CT molecular complexity index is 1050. The molecule has 0 saturated heterocycles. The zero-order valence-corrected chi connectivity index (χ0v) is 14.3. The van der Waals surface area contributed by atoms with Crippen molar-refractivity contribution < 1.29 is 14.0 Å². The van der Waals surface area contributed by atoms with Crippen molar-refractivity contribution in [2.75, 3.05) is 19.5 Å². The van der Waals surface area contributed by atoms with Gasteiger partial charge in [0.25, 0.3) is 0 Å². The van der Waals surface area contributed by atoms with E-state index in [0.29, 0.717) is 34.1 Å². The molecule has 0 fully saturated rings. The zero-order valence-electron chi connectivity index (χ0n) is 14.3. The van der Waals surface area contributed by atoms with E-state index in [1.807, 2.05) is 48.5 Å². The van der Waals surface area contributed by atoms with Gasteiger partial charge >= 0.3 is 0 Å². The molecular weight excluding hydrogens is 332 g/mol. The quantitative estimate of drug-likeness (QED) is 0.582. The van der Waals surface area contributed by atoms with Gasteiger partial charge in [-0.05, 0) is 12.1 Å². The van der Waals surface area contributed by atoms with Gasteiger partial charge in [-0.1, -0.05) is 35.5 Å². The first-order valence-corrected chi connectivity index (χ1v) is 7.95. The van der Waals surface area contributed by atoms with E-state index in [0.717, 1.165) is 11.3 Å². The molecular formula is C19H16N4O3. The maximum absolute atomic E-state index is 5.51. The third kappa shape index (κ3) is 2.79. The molecule has 7 nitrogen and oxygen atoms in total. The number of methoxy groups -OCH3 is 2. The summed E-state index contributed by atoms with van der Waals surface area (Å²) in [6.45, 7) is 0. The number of fused-ring (bicyclic) bond motifs is 1. The van der Waals surface area contributed by atoms with Crippen molar-refractivity contribution in [1.82, 2.24) is 15.1 Å². The topological polar surface area (TPSA) is 82.3 Å². The minimum absolute atomic E-state index is 0.487. The van der Waals surface area contributed by atoms with Crippen LogP contribution in [-0.2, 0) is 0 Å². The van der Waals surface area contributed by atoms with Crippen LogP contribution < -0.4 is 14.8 Å². The maximum atomic E-state index is 5.51. The Morgan fingerprint density at radius 1 is 0.923 bits per heavy atom. The highest BCUT2D eigenvalue weighted by molar-refractivity contribution is 5.94. The van der Waals surface area contributed by atoms with Gasteiger partial charge in [0.1, 0.15) is 17.5 Å². The number of hydrogen-bond acceptors (Lipinski definition) is 7. The number of nitrogens with zero attached hydrogens (tertiary/aromatic N) is 3. The molecule has 2 aromatic carbocycles. The van der Waals surface area contributed by atoms with Crippen LogP contribution in [0.3, 0.4) is 0 Å². The summed E-state index contributed by atoms with van der Waals surface area (Å²) in [6, 6.07) is 15.3. The summed E-state index contributed by atoms with van der Waals surface area (Å²) >= 11 is 0. The van der Waals surface area contributed by atoms with Crippen molar-refractivity contribution in [1.29, 1.82) is 0 Å². The zero-order chi connectivity index (χ0) is 17.9. The van der Waals surface area contributed by atoms with Crippen LogP contribution in [0, 0.1) is 0 Å². The Kier molecular flexibility index (Phi) is 4.10. The largest absolute Gasteiger partial charge is 0.493 e. The van der Waals surface area contributed by atoms with Crippen LogP contribution in [0.4, 0.5) is 11.5 Å². The molecule has 0 aliphatic heterocycles. The molecule has 0 bridgehead atoms. The number of benzene rings is 2. The summed E-state index contributed by atoms with van der Waals surface area (Å²) in [5.74, 6) is 1.79. The first-order valence-electron chi connectivity index (χ1n) is 7.95. The van der Waals surface area contributed by atoms with Gasteiger partial charge in [0.2, 0.25) is 5.58 Å². The monoisotopic (exact) mass is 348 g/mol. The number of rotatable bonds is 5. The van der Waals surface area contributed by atoms with Crippen molar-refractivity contribution in [2.45, 2.75) is 0 Å². The van der Waals surface area contributed by atoms with Crippen LogP contribution >= 0.6 is 0 Å². The maximum Gasteiger partial charge on any atom is 0.228 e. The lowest BCUT2D eigenvalue weighted by Crippen LogP contribution is -1.97. The van der Waals surface area contributed by atoms with Gasteiger partial charge in [-0.3, -0.25) is 0 Å². The van der Waals surface area contributed by atoms with Gasteiger partial charge in [-0.2, -0.15) is 0 Å². The molecule has 2 aromatic heterocycles. The fourth-order valence-electron chi connectivity index (χ4n) is 2.69. The molecule has 0 aliphatic carbocycles. The molecule has 0 spiro atoms. The van der Waals surface area contributed by atoms with Crippen LogP contribution in [0.2, 0.25) is 0 Å². The number of ether oxygens (including phenoxy) is 2. The standard InChI is InChI=1S/C19H16N4O3/c1-24-14-9-8-13(10-15(14)25-2)22-19-18-17(20-11-21-19)16(23-26-18)12-6-4-3-5-7-12/h3-11H,1-2H3,(H,20,21,22). The molecule has 1 N–H and O–H groups in total. The molecule has 4 aromatic rings. The average molecular weight is 348 g/mol. The van der Waals surface area contributed by atoms with E-state index >= 15 is 0 Å². The molecule has 0 amide bonds. The van der Waals surface area contributed by atoms with Crippen molar-refractivity contribution in [3.8, 4) is 22.8 Å². The molecule has 0 unspecified atom stereocenters. The summed E-state index contributed by atoms with van der Waals surface area (Å²) in [5, 5.41) is 7.38. The van der Waals surface area contributed by atoms with Gasteiger partial charge in [-0.25, -0.2) is 9.97 Å². The fraction of sp³-hybridized carbons (Fsp3) is 0.105. The van der Waals surface area contributed by atoms with E-state index in [4.69, 9.17) is 14.0 Å². The second kappa shape index (κ2) is 6.72. The van der Waals surface area contributed by atoms with Gasteiger partial charge in [0, 0.05) is 17.3 Å². The smallest absolute Gasteiger partial charge is 0.228 e. The molecule has 0 radical (unpaired) electrons. The molecule has 0 aliphatic rings. The molecule has 0 saturated carbocycles. The Balaban J connectivity index is 1.73. The number of anilines is 2. The summed E-state index contributed by atoms with van der Waals surface area (Å²) in [4.78, 5) is 8.61. The fourth-order valence-corrected chi connectivity index (χ4v) is 2.69. The van der Waals surface area contributed by atoms with E-state index in [9.17, 15) is 0 Å². The number of hydrogen-bond donors (Lipinski definition) is 1. The third-order valence-corrected chi connectivity index (χ3v) is 3.95. The van der Waals surface area contributed by atoms with Crippen molar-refractivity contribution in [3.63, 3.8) is 0 Å². The average Bonchev–Trinajstić information content (AvgIpc) is 3.14.